The van der Waals surface area contributed by atoms with Gasteiger partial charge in [0.25, 0.3) is 10.1 Å². The molecule has 1 aromatic carbocycles. The molecule has 0 aliphatic rings. The van der Waals surface area contributed by atoms with Gasteiger partial charge in [-0.15, -0.1) is 0 Å². The predicted octanol–water partition coefficient (Wildman–Crippen LogP) is 2.98. The zero-order chi connectivity index (χ0) is 15.0. The monoisotopic (exact) mass is 320 g/mol. The van der Waals surface area contributed by atoms with E-state index in [1.165, 1.54) is 6.07 Å². The van der Waals surface area contributed by atoms with Crippen molar-refractivity contribution in [3.05, 3.63) is 28.8 Å². The van der Waals surface area contributed by atoms with Gasteiger partial charge in [-0.2, -0.15) is 8.42 Å². The first-order valence-electron chi connectivity index (χ1n) is 6.25. The molecular formula is C13H17ClO5S. The van der Waals surface area contributed by atoms with Crippen LogP contribution in [0, 0.1) is 0 Å². The summed E-state index contributed by atoms with van der Waals surface area (Å²) in [4.78, 5) is 10.5. The minimum absolute atomic E-state index is 0.202. The second kappa shape index (κ2) is 8.24. The number of aldehydes is 1. The maximum Gasteiger partial charge on any atom is 0.264 e. The van der Waals surface area contributed by atoms with Crippen LogP contribution in [0.4, 0.5) is 0 Å². The Balaban J connectivity index is 2.20. The number of ether oxygens (including phenoxy) is 1. The van der Waals surface area contributed by atoms with Gasteiger partial charge < -0.3 is 4.74 Å². The molecular weight excluding hydrogens is 304 g/mol. The Kier molecular flexibility index (Phi) is 6.98. The fourth-order valence-corrected chi connectivity index (χ4v) is 2.44. The van der Waals surface area contributed by atoms with Crippen molar-refractivity contribution < 1.29 is 22.5 Å². The minimum Gasteiger partial charge on any atom is -0.492 e. The summed E-state index contributed by atoms with van der Waals surface area (Å²) < 4.78 is 35.0. The smallest absolute Gasteiger partial charge is 0.264 e. The van der Waals surface area contributed by atoms with Gasteiger partial charge in [-0.1, -0.05) is 24.4 Å². The quantitative estimate of drug-likeness (QED) is 0.430. The molecule has 0 amide bonds. The lowest BCUT2D eigenvalue weighted by Crippen LogP contribution is -2.04. The third-order valence-corrected chi connectivity index (χ3v) is 3.75. The Hall–Kier alpha value is -1.11. The van der Waals surface area contributed by atoms with E-state index in [2.05, 4.69) is 0 Å². The van der Waals surface area contributed by atoms with Crippen LogP contribution in [-0.2, 0) is 10.1 Å². The molecule has 0 fully saturated rings. The number of carbonyl (C=O) groups excluding carboxylic acids is 1. The van der Waals surface area contributed by atoms with Gasteiger partial charge in [-0.05, 0) is 31.0 Å². The van der Waals surface area contributed by atoms with Crippen LogP contribution in [0.1, 0.15) is 36.0 Å². The van der Waals surface area contributed by atoms with E-state index in [-0.39, 0.29) is 5.75 Å². The summed E-state index contributed by atoms with van der Waals surface area (Å²) in [5.41, 5.74) is 0.493. The van der Waals surface area contributed by atoms with E-state index < -0.39 is 10.1 Å². The van der Waals surface area contributed by atoms with Crippen LogP contribution in [0.5, 0.6) is 5.75 Å². The van der Waals surface area contributed by atoms with Crippen LogP contribution in [0.15, 0.2) is 18.2 Å². The van der Waals surface area contributed by atoms with Crippen molar-refractivity contribution >= 4 is 28.0 Å². The highest BCUT2D eigenvalue weighted by atomic mass is 35.5. The number of benzene rings is 1. The highest BCUT2D eigenvalue weighted by Crippen LogP contribution is 2.25. The number of unbranched alkanes of at least 4 members (excludes halogenated alkanes) is 3. The summed E-state index contributed by atoms with van der Waals surface area (Å²) in [6.45, 7) is 0.464. The summed E-state index contributed by atoms with van der Waals surface area (Å²) in [7, 11) is -3.85. The van der Waals surface area contributed by atoms with Gasteiger partial charge in [0.15, 0.2) is 0 Å². The number of hydrogen-bond acceptors (Lipinski definition) is 4. The SMILES string of the molecule is O=Cc1ccc(OCCCCCCS(=O)(=O)O)c(Cl)c1. The molecule has 7 heteroatoms. The van der Waals surface area contributed by atoms with Crippen molar-refractivity contribution in [1.82, 2.24) is 0 Å². The molecule has 5 nitrogen and oxygen atoms in total. The summed E-state index contributed by atoms with van der Waals surface area (Å²) in [6, 6.07) is 4.81. The Labute approximate surface area is 123 Å². The van der Waals surface area contributed by atoms with Gasteiger partial charge in [-0.25, -0.2) is 0 Å². The first kappa shape index (κ1) is 16.9. The van der Waals surface area contributed by atoms with Gasteiger partial charge in [0.1, 0.15) is 12.0 Å². The number of carbonyl (C=O) groups is 1. The van der Waals surface area contributed by atoms with E-state index in [1.54, 1.807) is 12.1 Å². The molecule has 0 atom stereocenters. The molecule has 1 N–H and O–H groups in total. The second-order valence-corrected chi connectivity index (χ2v) is 6.34. The van der Waals surface area contributed by atoms with Crippen LogP contribution in [-0.4, -0.2) is 31.6 Å². The Morgan fingerprint density at radius 2 is 1.90 bits per heavy atom. The average molecular weight is 321 g/mol. The van der Waals surface area contributed by atoms with Gasteiger partial charge >= 0.3 is 0 Å². The number of halogens is 1. The van der Waals surface area contributed by atoms with Crippen molar-refractivity contribution in [1.29, 1.82) is 0 Å². The lowest BCUT2D eigenvalue weighted by molar-refractivity contribution is 0.112. The Morgan fingerprint density at radius 3 is 2.50 bits per heavy atom. The Morgan fingerprint density at radius 1 is 1.20 bits per heavy atom. The highest BCUT2D eigenvalue weighted by molar-refractivity contribution is 7.85. The molecule has 20 heavy (non-hydrogen) atoms. The summed E-state index contributed by atoms with van der Waals surface area (Å²) in [5.74, 6) is 0.322. The van der Waals surface area contributed by atoms with Crippen molar-refractivity contribution in [2.45, 2.75) is 25.7 Å². The van der Waals surface area contributed by atoms with Crippen LogP contribution >= 0.6 is 11.6 Å². The zero-order valence-corrected chi connectivity index (χ0v) is 12.5. The van der Waals surface area contributed by atoms with Crippen molar-refractivity contribution in [2.24, 2.45) is 0 Å². The molecule has 0 aromatic heterocycles. The van der Waals surface area contributed by atoms with E-state index in [0.29, 0.717) is 42.1 Å². The lowest BCUT2D eigenvalue weighted by Gasteiger charge is -2.08. The summed E-state index contributed by atoms with van der Waals surface area (Å²) >= 11 is 5.94. The first-order chi connectivity index (χ1) is 9.42. The minimum atomic E-state index is -3.85. The van der Waals surface area contributed by atoms with Crippen LogP contribution in [0.2, 0.25) is 5.02 Å². The van der Waals surface area contributed by atoms with Crippen molar-refractivity contribution in [3.63, 3.8) is 0 Å². The predicted molar refractivity (Wildman–Crippen MR) is 77.2 cm³/mol. The molecule has 112 valence electrons. The molecule has 0 unspecified atom stereocenters. The van der Waals surface area contributed by atoms with Crippen molar-refractivity contribution in [3.8, 4) is 5.75 Å². The van der Waals surface area contributed by atoms with E-state index in [0.717, 1.165) is 12.8 Å². The molecule has 0 aliphatic carbocycles. The molecule has 0 radical (unpaired) electrons. The van der Waals surface area contributed by atoms with Gasteiger partial charge in [0.05, 0.1) is 17.4 Å². The second-order valence-electron chi connectivity index (χ2n) is 4.36. The number of hydrogen-bond donors (Lipinski definition) is 1. The van der Waals surface area contributed by atoms with E-state index in [4.69, 9.17) is 20.9 Å². The maximum absolute atomic E-state index is 10.5. The number of rotatable bonds is 9. The zero-order valence-electron chi connectivity index (χ0n) is 10.9. The summed E-state index contributed by atoms with van der Waals surface area (Å²) in [6.07, 6.45) is 3.43. The fraction of sp³-hybridized carbons (Fsp3) is 0.462. The van der Waals surface area contributed by atoms with E-state index in [1.807, 2.05) is 0 Å². The summed E-state index contributed by atoms with van der Waals surface area (Å²) in [5, 5.41) is 0.390. The molecule has 1 aromatic rings. The first-order valence-corrected chi connectivity index (χ1v) is 8.24. The van der Waals surface area contributed by atoms with Crippen LogP contribution in [0.25, 0.3) is 0 Å². The molecule has 0 heterocycles. The molecule has 0 aliphatic heterocycles. The molecule has 0 saturated carbocycles. The fourth-order valence-electron chi connectivity index (χ4n) is 1.63. The third kappa shape index (κ3) is 6.88. The molecule has 0 spiro atoms. The topological polar surface area (TPSA) is 80.7 Å². The van der Waals surface area contributed by atoms with Gasteiger partial charge in [0, 0.05) is 5.56 Å². The molecule has 0 saturated heterocycles. The normalized spacial score (nSPS) is 11.3. The lowest BCUT2D eigenvalue weighted by atomic mass is 10.2. The molecule has 1 rings (SSSR count). The Bertz CT molecular complexity index is 542. The molecule has 0 bridgehead atoms. The highest BCUT2D eigenvalue weighted by Gasteiger charge is 2.04. The van der Waals surface area contributed by atoms with Crippen LogP contribution < -0.4 is 4.74 Å². The van der Waals surface area contributed by atoms with Gasteiger partial charge in [0.2, 0.25) is 0 Å². The van der Waals surface area contributed by atoms with Gasteiger partial charge in [-0.3, -0.25) is 9.35 Å². The van der Waals surface area contributed by atoms with Crippen molar-refractivity contribution in [2.75, 3.05) is 12.4 Å². The maximum atomic E-state index is 10.5. The van der Waals surface area contributed by atoms with E-state index in [9.17, 15) is 13.2 Å². The average Bonchev–Trinajstić information content (AvgIpc) is 2.37. The third-order valence-electron chi connectivity index (χ3n) is 2.65. The van der Waals surface area contributed by atoms with Crippen LogP contribution in [0.3, 0.4) is 0 Å². The standard InChI is InChI=1S/C13H17ClO5S/c14-12-9-11(10-15)5-6-13(12)19-7-3-1-2-4-8-20(16,17)18/h5-6,9-10H,1-4,7-8H2,(H,16,17,18). The largest absolute Gasteiger partial charge is 0.492 e. The van der Waals surface area contributed by atoms with E-state index >= 15 is 0 Å².